The molecular weight excluding hydrogens is 273 g/mol. The Balaban J connectivity index is 2.69. The first kappa shape index (κ1) is 14.7. The molecule has 0 atom stereocenters. The van der Waals surface area contributed by atoms with Crippen LogP contribution in [0.1, 0.15) is 32.0 Å². The average Bonchev–Trinajstić information content (AvgIpc) is 2.39. The molecule has 0 spiro atoms. The molecule has 2 rings (SSSR count). The van der Waals surface area contributed by atoms with E-state index in [0.29, 0.717) is 10.7 Å². The molecule has 0 unspecified atom stereocenters. The maximum absolute atomic E-state index is 13.0. The standard InChI is InChI=1S/C17H17ClFN/c1-5-13-10-14(17(2,3)4)15(18)16(20-13)11-6-8-12(19)9-7-11/h5-10H,1H2,2-4H3. The summed E-state index contributed by atoms with van der Waals surface area (Å²) in [6, 6.07) is 8.13. The predicted octanol–water partition coefficient (Wildman–Crippen LogP) is 5.48. The van der Waals surface area contributed by atoms with Crippen LogP contribution in [-0.2, 0) is 5.41 Å². The van der Waals surface area contributed by atoms with E-state index in [2.05, 4.69) is 32.3 Å². The van der Waals surface area contributed by atoms with Crippen molar-refractivity contribution >= 4 is 17.7 Å². The van der Waals surface area contributed by atoms with Gasteiger partial charge < -0.3 is 0 Å². The van der Waals surface area contributed by atoms with Gasteiger partial charge in [0.05, 0.1) is 16.4 Å². The number of pyridine rings is 1. The van der Waals surface area contributed by atoms with Gasteiger partial charge in [0.2, 0.25) is 0 Å². The summed E-state index contributed by atoms with van der Waals surface area (Å²) in [7, 11) is 0. The second-order valence-electron chi connectivity index (χ2n) is 5.72. The van der Waals surface area contributed by atoms with Gasteiger partial charge in [-0.25, -0.2) is 9.37 Å². The quantitative estimate of drug-likeness (QED) is 0.713. The summed E-state index contributed by atoms with van der Waals surface area (Å²) < 4.78 is 13.0. The molecule has 0 radical (unpaired) electrons. The van der Waals surface area contributed by atoms with Crippen LogP contribution in [-0.4, -0.2) is 4.98 Å². The van der Waals surface area contributed by atoms with Gasteiger partial charge >= 0.3 is 0 Å². The fraction of sp³-hybridized carbons (Fsp3) is 0.235. The lowest BCUT2D eigenvalue weighted by Crippen LogP contribution is -2.13. The fourth-order valence-electron chi connectivity index (χ4n) is 2.00. The lowest BCUT2D eigenvalue weighted by molar-refractivity contribution is 0.589. The van der Waals surface area contributed by atoms with Crippen molar-refractivity contribution in [2.24, 2.45) is 0 Å². The molecule has 1 nitrogen and oxygen atoms in total. The average molecular weight is 290 g/mol. The van der Waals surface area contributed by atoms with E-state index in [9.17, 15) is 4.39 Å². The van der Waals surface area contributed by atoms with Gasteiger partial charge in [0.15, 0.2) is 0 Å². The second-order valence-corrected chi connectivity index (χ2v) is 6.10. The summed E-state index contributed by atoms with van der Waals surface area (Å²) in [5.41, 5.74) is 3.12. The van der Waals surface area contributed by atoms with Crippen LogP contribution in [0.2, 0.25) is 5.02 Å². The van der Waals surface area contributed by atoms with Crippen LogP contribution in [0.3, 0.4) is 0 Å². The Bertz CT molecular complexity index is 639. The molecule has 20 heavy (non-hydrogen) atoms. The van der Waals surface area contributed by atoms with Gasteiger partial charge in [0.1, 0.15) is 5.82 Å². The highest BCUT2D eigenvalue weighted by Gasteiger charge is 2.21. The Hall–Kier alpha value is -1.67. The zero-order valence-electron chi connectivity index (χ0n) is 11.9. The van der Waals surface area contributed by atoms with Gasteiger partial charge in [-0.3, -0.25) is 0 Å². The smallest absolute Gasteiger partial charge is 0.123 e. The number of hydrogen-bond donors (Lipinski definition) is 0. The molecule has 0 amide bonds. The van der Waals surface area contributed by atoms with E-state index in [1.165, 1.54) is 12.1 Å². The summed E-state index contributed by atoms with van der Waals surface area (Å²) in [6.07, 6.45) is 1.69. The van der Waals surface area contributed by atoms with E-state index >= 15 is 0 Å². The molecule has 0 aliphatic heterocycles. The molecule has 2 aromatic rings. The first-order chi connectivity index (χ1) is 9.32. The van der Waals surface area contributed by atoms with E-state index in [0.717, 1.165) is 16.8 Å². The third-order valence-electron chi connectivity index (χ3n) is 3.11. The highest BCUT2D eigenvalue weighted by atomic mass is 35.5. The van der Waals surface area contributed by atoms with E-state index in [1.807, 2.05) is 6.07 Å². The molecule has 0 bridgehead atoms. The molecule has 0 saturated heterocycles. The largest absolute Gasteiger partial charge is 0.247 e. The molecule has 0 aliphatic rings. The fourth-order valence-corrected chi connectivity index (χ4v) is 2.49. The molecule has 1 heterocycles. The molecule has 3 heteroatoms. The van der Waals surface area contributed by atoms with E-state index in [4.69, 9.17) is 11.6 Å². The first-order valence-corrected chi connectivity index (χ1v) is 6.80. The number of halogens is 2. The molecule has 1 aromatic carbocycles. The third kappa shape index (κ3) is 2.91. The van der Waals surface area contributed by atoms with Gasteiger partial charge in [0, 0.05) is 5.56 Å². The van der Waals surface area contributed by atoms with Crippen molar-refractivity contribution in [3.63, 3.8) is 0 Å². The summed E-state index contributed by atoms with van der Waals surface area (Å²) >= 11 is 6.51. The zero-order chi connectivity index (χ0) is 14.9. The minimum atomic E-state index is -0.277. The Labute approximate surface area is 124 Å². The van der Waals surface area contributed by atoms with Crippen molar-refractivity contribution in [3.05, 3.63) is 59.0 Å². The number of benzene rings is 1. The molecule has 0 aliphatic carbocycles. The molecule has 0 N–H and O–H groups in total. The van der Waals surface area contributed by atoms with Crippen LogP contribution in [0.5, 0.6) is 0 Å². The van der Waals surface area contributed by atoms with Gasteiger partial charge in [0.25, 0.3) is 0 Å². The Morgan fingerprint density at radius 1 is 1.20 bits per heavy atom. The minimum absolute atomic E-state index is 0.105. The SMILES string of the molecule is C=Cc1cc(C(C)(C)C)c(Cl)c(-c2ccc(F)cc2)n1. The third-order valence-corrected chi connectivity index (χ3v) is 3.49. The number of aromatic nitrogens is 1. The second kappa shape index (κ2) is 5.37. The summed E-state index contributed by atoms with van der Waals surface area (Å²) in [5, 5.41) is 0.606. The predicted molar refractivity (Wildman–Crippen MR) is 83.4 cm³/mol. The maximum Gasteiger partial charge on any atom is 0.123 e. The Kier molecular flexibility index (Phi) is 3.96. The summed E-state index contributed by atoms with van der Waals surface area (Å²) in [6.45, 7) is 10.0. The van der Waals surface area contributed by atoms with Crippen LogP contribution in [0.25, 0.3) is 17.3 Å². The van der Waals surface area contributed by atoms with Gasteiger partial charge in [-0.15, -0.1) is 0 Å². The molecule has 0 saturated carbocycles. The van der Waals surface area contributed by atoms with E-state index in [-0.39, 0.29) is 11.2 Å². The van der Waals surface area contributed by atoms with Gasteiger partial charge in [-0.2, -0.15) is 0 Å². The highest BCUT2D eigenvalue weighted by Crippen LogP contribution is 2.36. The molecule has 0 fully saturated rings. The van der Waals surface area contributed by atoms with Crippen molar-refractivity contribution < 1.29 is 4.39 Å². The normalized spacial score (nSPS) is 11.4. The van der Waals surface area contributed by atoms with Crippen molar-refractivity contribution in [1.29, 1.82) is 0 Å². The van der Waals surface area contributed by atoms with Crippen molar-refractivity contribution in [1.82, 2.24) is 4.98 Å². The van der Waals surface area contributed by atoms with Crippen LogP contribution in [0, 0.1) is 5.82 Å². The van der Waals surface area contributed by atoms with Crippen molar-refractivity contribution in [2.45, 2.75) is 26.2 Å². The van der Waals surface area contributed by atoms with Crippen LogP contribution in [0.15, 0.2) is 36.9 Å². The maximum atomic E-state index is 13.0. The lowest BCUT2D eigenvalue weighted by Gasteiger charge is -2.22. The Morgan fingerprint density at radius 3 is 2.30 bits per heavy atom. The topological polar surface area (TPSA) is 12.9 Å². The monoisotopic (exact) mass is 289 g/mol. The van der Waals surface area contributed by atoms with Gasteiger partial charge in [-0.05, 0) is 47.4 Å². The minimum Gasteiger partial charge on any atom is -0.247 e. The van der Waals surface area contributed by atoms with Gasteiger partial charge in [-0.1, -0.05) is 39.0 Å². The number of nitrogens with zero attached hydrogens (tertiary/aromatic N) is 1. The lowest BCUT2D eigenvalue weighted by atomic mass is 9.86. The van der Waals surface area contributed by atoms with Crippen LogP contribution in [0.4, 0.5) is 4.39 Å². The summed E-state index contributed by atoms with van der Waals surface area (Å²) in [5.74, 6) is -0.277. The first-order valence-electron chi connectivity index (χ1n) is 6.42. The van der Waals surface area contributed by atoms with Crippen LogP contribution >= 0.6 is 11.6 Å². The number of hydrogen-bond acceptors (Lipinski definition) is 1. The number of rotatable bonds is 2. The Morgan fingerprint density at radius 2 is 1.80 bits per heavy atom. The molecular formula is C17H17ClFN. The molecule has 104 valence electrons. The van der Waals surface area contributed by atoms with Crippen LogP contribution < -0.4 is 0 Å². The van der Waals surface area contributed by atoms with Crippen molar-refractivity contribution in [2.75, 3.05) is 0 Å². The van der Waals surface area contributed by atoms with Crippen molar-refractivity contribution in [3.8, 4) is 11.3 Å². The summed E-state index contributed by atoms with van der Waals surface area (Å²) in [4.78, 5) is 4.49. The van der Waals surface area contributed by atoms with E-state index in [1.54, 1.807) is 18.2 Å². The van der Waals surface area contributed by atoms with E-state index < -0.39 is 0 Å². The highest BCUT2D eigenvalue weighted by molar-refractivity contribution is 6.34. The molecule has 1 aromatic heterocycles. The zero-order valence-corrected chi connectivity index (χ0v) is 12.6.